The molecule has 1 heterocycles. The van der Waals surface area contributed by atoms with Crippen LogP contribution in [0.25, 0.3) is 5.69 Å². The summed E-state index contributed by atoms with van der Waals surface area (Å²) < 4.78 is 7.28. The molecule has 0 fully saturated rings. The van der Waals surface area contributed by atoms with E-state index in [9.17, 15) is 0 Å². The maximum absolute atomic E-state index is 5.36. The second kappa shape index (κ2) is 4.00. The van der Waals surface area contributed by atoms with E-state index in [1.54, 1.807) is 7.11 Å². The Bertz CT molecular complexity index is 515. The number of hydrogen-bond acceptors (Lipinski definition) is 2. The zero-order chi connectivity index (χ0) is 11.7. The molecule has 3 nitrogen and oxygen atoms in total. The van der Waals surface area contributed by atoms with Crippen LogP contribution in [0.2, 0.25) is 0 Å². The molecule has 0 aliphatic heterocycles. The molecule has 0 aliphatic rings. The third-order valence-electron chi connectivity index (χ3n) is 2.57. The molecule has 0 atom stereocenters. The van der Waals surface area contributed by atoms with E-state index in [1.165, 1.54) is 5.56 Å². The molecule has 2 aromatic rings. The van der Waals surface area contributed by atoms with Crippen molar-refractivity contribution in [3.05, 3.63) is 41.2 Å². The third-order valence-corrected chi connectivity index (χ3v) is 2.57. The number of rotatable bonds is 2. The Balaban J connectivity index is 2.62. The summed E-state index contributed by atoms with van der Waals surface area (Å²) in [4.78, 5) is 0. The molecule has 84 valence electrons. The molecule has 0 aliphatic carbocycles. The van der Waals surface area contributed by atoms with Crippen LogP contribution in [-0.2, 0) is 0 Å². The van der Waals surface area contributed by atoms with Gasteiger partial charge >= 0.3 is 0 Å². The quantitative estimate of drug-likeness (QED) is 0.771. The highest BCUT2D eigenvalue weighted by molar-refractivity contribution is 5.49. The van der Waals surface area contributed by atoms with Crippen molar-refractivity contribution in [3.63, 3.8) is 0 Å². The van der Waals surface area contributed by atoms with Gasteiger partial charge in [0.15, 0.2) is 0 Å². The predicted octanol–water partition coefficient (Wildman–Crippen LogP) is 2.81. The van der Waals surface area contributed by atoms with Gasteiger partial charge in [0.25, 0.3) is 0 Å². The Labute approximate surface area is 95.7 Å². The number of hydrogen-bond donors (Lipinski definition) is 0. The van der Waals surface area contributed by atoms with Crippen LogP contribution < -0.4 is 4.74 Å². The molecule has 16 heavy (non-hydrogen) atoms. The highest BCUT2D eigenvalue weighted by Crippen LogP contribution is 2.24. The van der Waals surface area contributed by atoms with Crippen molar-refractivity contribution in [2.45, 2.75) is 20.8 Å². The second-order valence-corrected chi connectivity index (χ2v) is 4.01. The van der Waals surface area contributed by atoms with Crippen LogP contribution in [0.4, 0.5) is 0 Å². The minimum Gasteiger partial charge on any atom is -0.494 e. The summed E-state index contributed by atoms with van der Waals surface area (Å²) in [5, 5.41) is 4.47. The molecule has 0 radical (unpaired) electrons. The van der Waals surface area contributed by atoms with Gasteiger partial charge in [0.05, 0.1) is 12.8 Å². The Kier molecular flexibility index (Phi) is 2.69. The standard InChI is InChI=1S/C13H16N2O/c1-9-5-6-13(16-4)12(7-9)15-11(3)8-10(2)14-15/h5-8H,1-4H3. The Morgan fingerprint density at radius 2 is 1.88 bits per heavy atom. The van der Waals surface area contributed by atoms with E-state index in [4.69, 9.17) is 4.74 Å². The first-order valence-corrected chi connectivity index (χ1v) is 5.30. The zero-order valence-corrected chi connectivity index (χ0v) is 10.1. The fourth-order valence-electron chi connectivity index (χ4n) is 1.84. The summed E-state index contributed by atoms with van der Waals surface area (Å²) in [7, 11) is 1.68. The van der Waals surface area contributed by atoms with Gasteiger partial charge in [-0.15, -0.1) is 0 Å². The van der Waals surface area contributed by atoms with Crippen LogP contribution in [0.3, 0.4) is 0 Å². The number of benzene rings is 1. The van der Waals surface area contributed by atoms with Gasteiger partial charge in [-0.3, -0.25) is 0 Å². The fourth-order valence-corrected chi connectivity index (χ4v) is 1.84. The Morgan fingerprint density at radius 1 is 1.12 bits per heavy atom. The maximum atomic E-state index is 5.36. The molecular weight excluding hydrogens is 200 g/mol. The molecule has 3 heteroatoms. The number of nitrogens with zero attached hydrogens (tertiary/aromatic N) is 2. The van der Waals surface area contributed by atoms with Crippen LogP contribution in [0, 0.1) is 20.8 Å². The highest BCUT2D eigenvalue weighted by atomic mass is 16.5. The van der Waals surface area contributed by atoms with Crippen molar-refractivity contribution in [3.8, 4) is 11.4 Å². The highest BCUT2D eigenvalue weighted by Gasteiger charge is 2.09. The summed E-state index contributed by atoms with van der Waals surface area (Å²) in [6.07, 6.45) is 0. The van der Waals surface area contributed by atoms with Crippen molar-refractivity contribution < 1.29 is 4.74 Å². The molecule has 0 bridgehead atoms. The van der Waals surface area contributed by atoms with E-state index >= 15 is 0 Å². The van der Waals surface area contributed by atoms with E-state index in [0.717, 1.165) is 22.8 Å². The number of aromatic nitrogens is 2. The summed E-state index contributed by atoms with van der Waals surface area (Å²) >= 11 is 0. The van der Waals surface area contributed by atoms with E-state index in [1.807, 2.05) is 30.7 Å². The number of ether oxygens (including phenoxy) is 1. The Morgan fingerprint density at radius 3 is 2.44 bits per heavy atom. The summed E-state index contributed by atoms with van der Waals surface area (Å²) in [6, 6.07) is 8.15. The van der Waals surface area contributed by atoms with Crippen LogP contribution in [0.15, 0.2) is 24.3 Å². The first-order valence-electron chi connectivity index (χ1n) is 5.30. The Hall–Kier alpha value is -1.77. The summed E-state index contributed by atoms with van der Waals surface area (Å²) in [5.74, 6) is 0.844. The van der Waals surface area contributed by atoms with Crippen molar-refractivity contribution in [2.24, 2.45) is 0 Å². The van der Waals surface area contributed by atoms with Crippen LogP contribution in [-0.4, -0.2) is 16.9 Å². The third kappa shape index (κ3) is 1.81. The molecule has 0 N–H and O–H groups in total. The lowest BCUT2D eigenvalue weighted by Crippen LogP contribution is -2.02. The molecule has 1 aromatic carbocycles. The average Bonchev–Trinajstić information content (AvgIpc) is 2.57. The van der Waals surface area contributed by atoms with Gasteiger partial charge in [-0.2, -0.15) is 5.10 Å². The lowest BCUT2D eigenvalue weighted by Gasteiger charge is -2.10. The lowest BCUT2D eigenvalue weighted by atomic mass is 10.2. The van der Waals surface area contributed by atoms with Crippen molar-refractivity contribution in [1.29, 1.82) is 0 Å². The van der Waals surface area contributed by atoms with Crippen LogP contribution in [0.5, 0.6) is 5.75 Å². The normalized spacial score (nSPS) is 10.5. The smallest absolute Gasteiger partial charge is 0.144 e. The largest absolute Gasteiger partial charge is 0.494 e. The monoisotopic (exact) mass is 216 g/mol. The van der Waals surface area contributed by atoms with Crippen LogP contribution in [0.1, 0.15) is 17.0 Å². The summed E-state index contributed by atoms with van der Waals surface area (Å²) in [5.41, 5.74) is 4.32. The minimum atomic E-state index is 0.844. The molecular formula is C13H16N2O. The van der Waals surface area contributed by atoms with Crippen molar-refractivity contribution in [1.82, 2.24) is 9.78 Å². The second-order valence-electron chi connectivity index (χ2n) is 4.01. The molecule has 2 rings (SSSR count). The zero-order valence-electron chi connectivity index (χ0n) is 10.1. The van der Waals surface area contributed by atoms with Gasteiger partial charge in [-0.05, 0) is 44.5 Å². The van der Waals surface area contributed by atoms with Crippen molar-refractivity contribution >= 4 is 0 Å². The van der Waals surface area contributed by atoms with E-state index in [-0.39, 0.29) is 0 Å². The number of methoxy groups -OCH3 is 1. The fraction of sp³-hybridized carbons (Fsp3) is 0.308. The first kappa shape index (κ1) is 10.7. The topological polar surface area (TPSA) is 27.1 Å². The average molecular weight is 216 g/mol. The number of aryl methyl sites for hydroxylation is 3. The molecule has 0 spiro atoms. The van der Waals surface area contributed by atoms with Gasteiger partial charge in [0.2, 0.25) is 0 Å². The van der Waals surface area contributed by atoms with Gasteiger partial charge in [0.1, 0.15) is 11.4 Å². The molecule has 0 amide bonds. The summed E-state index contributed by atoms with van der Waals surface area (Å²) in [6.45, 7) is 6.10. The van der Waals surface area contributed by atoms with Crippen LogP contribution >= 0.6 is 0 Å². The van der Waals surface area contributed by atoms with E-state index < -0.39 is 0 Å². The van der Waals surface area contributed by atoms with Gasteiger partial charge in [-0.25, -0.2) is 4.68 Å². The minimum absolute atomic E-state index is 0.844. The molecule has 0 saturated carbocycles. The van der Waals surface area contributed by atoms with Gasteiger partial charge in [-0.1, -0.05) is 6.07 Å². The maximum Gasteiger partial charge on any atom is 0.144 e. The van der Waals surface area contributed by atoms with E-state index in [2.05, 4.69) is 24.2 Å². The van der Waals surface area contributed by atoms with Gasteiger partial charge in [0, 0.05) is 5.69 Å². The first-order chi connectivity index (χ1) is 7.61. The molecule has 0 unspecified atom stereocenters. The van der Waals surface area contributed by atoms with E-state index in [0.29, 0.717) is 0 Å². The van der Waals surface area contributed by atoms with Crippen molar-refractivity contribution in [2.75, 3.05) is 7.11 Å². The molecule has 0 saturated heterocycles. The SMILES string of the molecule is COc1ccc(C)cc1-n1nc(C)cc1C. The predicted molar refractivity (Wildman–Crippen MR) is 64.3 cm³/mol. The van der Waals surface area contributed by atoms with Gasteiger partial charge < -0.3 is 4.74 Å². The molecule has 1 aromatic heterocycles. The lowest BCUT2D eigenvalue weighted by molar-refractivity contribution is 0.411.